The van der Waals surface area contributed by atoms with Crippen LogP contribution >= 0.6 is 0 Å². The highest BCUT2D eigenvalue weighted by Gasteiger charge is 2.25. The minimum absolute atomic E-state index is 0.0422. The summed E-state index contributed by atoms with van der Waals surface area (Å²) in [5.74, 6) is 0.348. The van der Waals surface area contributed by atoms with Gasteiger partial charge in [0.2, 0.25) is 0 Å². The van der Waals surface area contributed by atoms with Gasteiger partial charge in [-0.05, 0) is 67.9 Å². The summed E-state index contributed by atoms with van der Waals surface area (Å²) in [6.45, 7) is -0.0905. The molecule has 0 aliphatic heterocycles. The van der Waals surface area contributed by atoms with Crippen molar-refractivity contribution in [1.29, 1.82) is 0 Å². The highest BCUT2D eigenvalue weighted by atomic mass is 16.5. The molecule has 2 N–H and O–H groups in total. The first-order valence-electron chi connectivity index (χ1n) is 11.3. The topological polar surface area (TPSA) is 84.3 Å². The lowest BCUT2D eigenvalue weighted by Gasteiger charge is -2.24. The normalized spacial score (nSPS) is 17.3. The average Bonchev–Trinajstić information content (AvgIpc) is 3.44. The molecule has 0 saturated heterocycles. The van der Waals surface area contributed by atoms with E-state index in [9.17, 15) is 9.59 Å². The third-order valence-corrected chi connectivity index (χ3v) is 6.76. The van der Waals surface area contributed by atoms with E-state index in [4.69, 9.17) is 9.15 Å². The zero-order valence-corrected chi connectivity index (χ0v) is 17.7. The summed E-state index contributed by atoms with van der Waals surface area (Å²) in [5, 5.41) is 5.32. The van der Waals surface area contributed by atoms with Crippen LogP contribution in [0.1, 0.15) is 47.7 Å². The van der Waals surface area contributed by atoms with Gasteiger partial charge in [0.15, 0.2) is 6.61 Å². The zero-order chi connectivity index (χ0) is 21.7. The number of carbonyl (C=O) groups is 1. The molecule has 2 heterocycles. The van der Waals surface area contributed by atoms with Crippen LogP contribution in [0.5, 0.6) is 5.75 Å². The van der Waals surface area contributed by atoms with E-state index in [1.54, 1.807) is 6.07 Å². The largest absolute Gasteiger partial charge is 0.484 e. The lowest BCUT2D eigenvalue weighted by Crippen LogP contribution is -2.34. The number of hydrogen-bond acceptors (Lipinski definition) is 4. The van der Waals surface area contributed by atoms with E-state index in [0.29, 0.717) is 11.3 Å². The molecule has 6 nitrogen and oxygen atoms in total. The van der Waals surface area contributed by atoms with Gasteiger partial charge in [-0.25, -0.2) is 4.79 Å². The van der Waals surface area contributed by atoms with Crippen LogP contribution in [-0.2, 0) is 24.1 Å². The molecule has 1 unspecified atom stereocenters. The Kier molecular flexibility index (Phi) is 4.52. The van der Waals surface area contributed by atoms with Gasteiger partial charge in [0.1, 0.15) is 11.3 Å². The molecule has 2 aliphatic rings. The third kappa shape index (κ3) is 3.18. The number of nitrogens with one attached hydrogen (secondary N) is 2. The van der Waals surface area contributed by atoms with Crippen LogP contribution < -0.4 is 15.7 Å². The number of benzene rings is 2. The number of ether oxygens (including phenoxy) is 1. The van der Waals surface area contributed by atoms with Gasteiger partial charge in [-0.15, -0.1) is 0 Å². The Hall–Kier alpha value is -3.54. The van der Waals surface area contributed by atoms with Crippen LogP contribution in [0.15, 0.2) is 51.7 Å². The number of rotatable bonds is 4. The monoisotopic (exact) mass is 428 g/mol. The lowest BCUT2D eigenvalue weighted by atomic mass is 9.91. The van der Waals surface area contributed by atoms with Crippen molar-refractivity contribution < 1.29 is 13.9 Å². The van der Waals surface area contributed by atoms with Crippen LogP contribution in [0.2, 0.25) is 0 Å². The predicted octanol–water partition coefficient (Wildman–Crippen LogP) is 4.34. The van der Waals surface area contributed by atoms with Gasteiger partial charge < -0.3 is 19.5 Å². The molecule has 162 valence electrons. The molecule has 2 aromatic carbocycles. The van der Waals surface area contributed by atoms with E-state index < -0.39 is 0 Å². The van der Waals surface area contributed by atoms with Gasteiger partial charge in [-0.2, -0.15) is 0 Å². The van der Waals surface area contributed by atoms with Crippen molar-refractivity contribution in [2.45, 2.75) is 44.6 Å². The van der Waals surface area contributed by atoms with Crippen LogP contribution in [0.3, 0.4) is 0 Å². The van der Waals surface area contributed by atoms with E-state index in [1.807, 2.05) is 24.3 Å². The number of aromatic nitrogens is 1. The van der Waals surface area contributed by atoms with Crippen molar-refractivity contribution in [3.63, 3.8) is 0 Å². The number of H-pyrrole nitrogens is 1. The number of para-hydroxylation sites is 1. The smallest absolute Gasteiger partial charge is 0.339 e. The molecule has 1 atom stereocenters. The minimum atomic E-state index is -0.258. The molecular weight excluding hydrogens is 404 g/mol. The van der Waals surface area contributed by atoms with E-state index in [-0.39, 0.29) is 24.2 Å². The first kappa shape index (κ1) is 19.2. The van der Waals surface area contributed by atoms with E-state index >= 15 is 0 Å². The summed E-state index contributed by atoms with van der Waals surface area (Å²) in [6, 6.07) is 13.7. The second-order valence-electron chi connectivity index (χ2n) is 8.72. The molecule has 6 heteroatoms. The van der Waals surface area contributed by atoms with Crippen molar-refractivity contribution in [2.75, 3.05) is 6.61 Å². The number of hydrogen-bond donors (Lipinski definition) is 2. The molecule has 2 aliphatic carbocycles. The fraction of sp³-hybridized carbons (Fsp3) is 0.308. The minimum Gasteiger partial charge on any atom is -0.484 e. The molecule has 0 bridgehead atoms. The first-order chi connectivity index (χ1) is 15.7. The average molecular weight is 428 g/mol. The van der Waals surface area contributed by atoms with Crippen LogP contribution in [-0.4, -0.2) is 17.5 Å². The molecule has 1 amide bonds. The molecule has 4 aromatic rings. The fourth-order valence-electron chi connectivity index (χ4n) is 5.30. The Labute approximate surface area is 184 Å². The van der Waals surface area contributed by atoms with Crippen LogP contribution in [0.4, 0.5) is 0 Å². The molecule has 2 aromatic heterocycles. The summed E-state index contributed by atoms with van der Waals surface area (Å²) in [4.78, 5) is 28.4. The molecule has 0 saturated carbocycles. The molecule has 32 heavy (non-hydrogen) atoms. The van der Waals surface area contributed by atoms with Gasteiger partial charge in [0.05, 0.1) is 6.04 Å². The third-order valence-electron chi connectivity index (χ3n) is 6.76. The summed E-state index contributed by atoms with van der Waals surface area (Å²) in [6.07, 6.45) is 5.63. The quantitative estimate of drug-likeness (QED) is 0.474. The van der Waals surface area contributed by atoms with Gasteiger partial charge in [-0.3, -0.25) is 4.79 Å². The Morgan fingerprint density at radius 1 is 1.03 bits per heavy atom. The van der Waals surface area contributed by atoms with E-state index in [2.05, 4.69) is 22.4 Å². The molecule has 0 fully saturated rings. The van der Waals surface area contributed by atoms with Gasteiger partial charge >= 0.3 is 5.63 Å². The van der Waals surface area contributed by atoms with Crippen LogP contribution in [0, 0.1) is 0 Å². The van der Waals surface area contributed by atoms with Gasteiger partial charge in [0.25, 0.3) is 5.91 Å². The highest BCUT2D eigenvalue weighted by molar-refractivity contribution is 5.86. The number of aryl methyl sites for hydroxylation is 2. The second-order valence-corrected chi connectivity index (χ2v) is 8.72. The molecule has 6 rings (SSSR count). The Bertz CT molecular complexity index is 1410. The zero-order valence-electron chi connectivity index (χ0n) is 17.7. The molecular formula is C26H24N2O4. The van der Waals surface area contributed by atoms with Crippen molar-refractivity contribution in [3.05, 3.63) is 75.3 Å². The maximum atomic E-state index is 12.7. The Morgan fingerprint density at radius 3 is 2.81 bits per heavy atom. The van der Waals surface area contributed by atoms with Gasteiger partial charge in [0, 0.05) is 33.6 Å². The lowest BCUT2D eigenvalue weighted by molar-refractivity contribution is -0.124. The summed E-state index contributed by atoms with van der Waals surface area (Å²) in [7, 11) is 0. The Balaban J connectivity index is 1.17. The second kappa shape index (κ2) is 7.55. The number of aromatic amines is 1. The first-order valence-corrected chi connectivity index (χ1v) is 11.3. The van der Waals surface area contributed by atoms with Crippen molar-refractivity contribution in [1.82, 2.24) is 10.3 Å². The maximum absolute atomic E-state index is 12.7. The summed E-state index contributed by atoms with van der Waals surface area (Å²) >= 11 is 0. The number of amides is 1. The number of fused-ring (bicyclic) bond motifs is 6. The van der Waals surface area contributed by atoms with E-state index in [0.717, 1.165) is 66.2 Å². The van der Waals surface area contributed by atoms with Crippen LogP contribution in [0.25, 0.3) is 21.9 Å². The molecule has 0 radical (unpaired) electrons. The van der Waals surface area contributed by atoms with Crippen molar-refractivity contribution in [2.24, 2.45) is 0 Å². The van der Waals surface area contributed by atoms with E-state index in [1.165, 1.54) is 10.9 Å². The number of carbonyl (C=O) groups excluding carboxylic acids is 1. The summed E-state index contributed by atoms with van der Waals surface area (Å²) in [5.41, 5.74) is 5.66. The predicted molar refractivity (Wildman–Crippen MR) is 122 cm³/mol. The maximum Gasteiger partial charge on any atom is 0.339 e. The molecule has 0 spiro atoms. The fourth-order valence-corrected chi connectivity index (χ4v) is 5.30. The van der Waals surface area contributed by atoms with Gasteiger partial charge in [-0.1, -0.05) is 18.2 Å². The standard InChI is InChI=1S/C26H24N2O4/c29-24(27-22-10-4-7-19-17-5-1-2-9-21(17)28-25(19)22)14-31-15-11-12-18-16-6-3-8-20(16)26(30)32-23(18)13-15/h1-2,5,9,11-13,22,28H,3-4,6-8,10,14H2,(H,27,29). The highest BCUT2D eigenvalue weighted by Crippen LogP contribution is 2.34. The van der Waals surface area contributed by atoms with Crippen molar-refractivity contribution >= 4 is 27.8 Å². The van der Waals surface area contributed by atoms with Crippen molar-refractivity contribution in [3.8, 4) is 5.75 Å². The summed E-state index contributed by atoms with van der Waals surface area (Å²) < 4.78 is 11.2. The Morgan fingerprint density at radius 2 is 1.88 bits per heavy atom. The SMILES string of the molecule is O=C(COc1ccc2c3c(c(=O)oc2c1)CCC3)NC1CCCc2c1[nH]c1ccccc21.